The first-order chi connectivity index (χ1) is 9.58. The second-order valence-electron chi connectivity index (χ2n) is 5.54. The Labute approximate surface area is 119 Å². The molecule has 0 aromatic heterocycles. The number of carbonyl (C=O) groups excluding carboxylic acids is 1. The Kier molecular flexibility index (Phi) is 5.26. The van der Waals surface area contributed by atoms with E-state index in [1.54, 1.807) is 18.2 Å². The third kappa shape index (κ3) is 3.87. The minimum absolute atomic E-state index is 0.124. The van der Waals surface area contributed by atoms with Crippen molar-refractivity contribution in [1.29, 1.82) is 0 Å². The van der Waals surface area contributed by atoms with E-state index in [0.717, 1.165) is 26.1 Å². The minimum atomic E-state index is -0.433. The summed E-state index contributed by atoms with van der Waals surface area (Å²) in [5.74, 6) is -0.768. The van der Waals surface area contributed by atoms with Crippen molar-refractivity contribution in [2.75, 3.05) is 26.2 Å². The molecule has 3 nitrogen and oxygen atoms in total. The molecule has 0 N–H and O–H groups in total. The highest BCUT2D eigenvalue weighted by atomic mass is 19.1. The molecule has 1 aliphatic heterocycles. The number of hydrogen-bond acceptors (Lipinski definition) is 3. The lowest BCUT2D eigenvalue weighted by molar-refractivity contribution is 0.0640. The van der Waals surface area contributed by atoms with Crippen LogP contribution in [0.15, 0.2) is 24.3 Å². The van der Waals surface area contributed by atoms with Gasteiger partial charge in [0.25, 0.3) is 0 Å². The van der Waals surface area contributed by atoms with Crippen molar-refractivity contribution in [2.24, 2.45) is 5.92 Å². The van der Waals surface area contributed by atoms with E-state index in [1.165, 1.54) is 6.07 Å². The molecule has 0 spiro atoms. The van der Waals surface area contributed by atoms with Crippen LogP contribution in [-0.2, 0) is 4.74 Å². The number of hydrogen-bond donors (Lipinski definition) is 0. The zero-order chi connectivity index (χ0) is 14.5. The van der Waals surface area contributed by atoms with Gasteiger partial charge in [0.05, 0.1) is 11.7 Å². The standard InChI is InChI=1S/C16H22FNO2/c1-12(10-18-8-5-9-20-13(2)11-18)16(19)14-6-3-4-7-15(14)17/h3-4,6-7,12-13H,5,8-11H2,1-2H3. The predicted octanol–water partition coefficient (Wildman–Crippen LogP) is 2.76. The molecule has 110 valence electrons. The Morgan fingerprint density at radius 3 is 3.00 bits per heavy atom. The van der Waals surface area contributed by atoms with Gasteiger partial charge in [-0.1, -0.05) is 19.1 Å². The van der Waals surface area contributed by atoms with Gasteiger partial charge in [0, 0.05) is 32.2 Å². The van der Waals surface area contributed by atoms with Crippen molar-refractivity contribution in [1.82, 2.24) is 4.90 Å². The third-order valence-corrected chi connectivity index (χ3v) is 3.66. The van der Waals surface area contributed by atoms with Crippen LogP contribution < -0.4 is 0 Å². The van der Waals surface area contributed by atoms with Crippen molar-refractivity contribution in [3.05, 3.63) is 35.6 Å². The highest BCUT2D eigenvalue weighted by Crippen LogP contribution is 2.15. The van der Waals surface area contributed by atoms with E-state index in [0.29, 0.717) is 6.54 Å². The van der Waals surface area contributed by atoms with Gasteiger partial charge in [0.15, 0.2) is 5.78 Å². The minimum Gasteiger partial charge on any atom is -0.377 e. The Morgan fingerprint density at radius 2 is 2.25 bits per heavy atom. The second kappa shape index (κ2) is 6.95. The van der Waals surface area contributed by atoms with Crippen LogP contribution in [0.3, 0.4) is 0 Å². The van der Waals surface area contributed by atoms with E-state index in [9.17, 15) is 9.18 Å². The summed E-state index contributed by atoms with van der Waals surface area (Å²) in [4.78, 5) is 14.5. The highest BCUT2D eigenvalue weighted by Gasteiger charge is 2.23. The molecule has 2 atom stereocenters. The maximum atomic E-state index is 13.7. The molecule has 1 aromatic rings. The van der Waals surface area contributed by atoms with Crippen LogP contribution in [-0.4, -0.2) is 43.0 Å². The van der Waals surface area contributed by atoms with E-state index >= 15 is 0 Å². The number of nitrogens with zero attached hydrogens (tertiary/aromatic N) is 1. The SMILES string of the molecule is CC1CN(CC(C)C(=O)c2ccccc2F)CCCO1. The molecule has 0 amide bonds. The number of ether oxygens (including phenoxy) is 1. The first-order valence-corrected chi connectivity index (χ1v) is 7.20. The summed E-state index contributed by atoms with van der Waals surface area (Å²) in [6.07, 6.45) is 1.17. The van der Waals surface area contributed by atoms with Crippen LogP contribution in [0.2, 0.25) is 0 Å². The van der Waals surface area contributed by atoms with Gasteiger partial charge in [-0.05, 0) is 25.5 Å². The first kappa shape index (κ1) is 15.1. The predicted molar refractivity (Wildman–Crippen MR) is 76.4 cm³/mol. The smallest absolute Gasteiger partial charge is 0.169 e. The normalized spacial score (nSPS) is 22.2. The first-order valence-electron chi connectivity index (χ1n) is 7.20. The molecule has 0 saturated carbocycles. The molecule has 20 heavy (non-hydrogen) atoms. The maximum Gasteiger partial charge on any atom is 0.169 e. The average Bonchev–Trinajstić information content (AvgIpc) is 2.62. The lowest BCUT2D eigenvalue weighted by Crippen LogP contribution is -2.36. The van der Waals surface area contributed by atoms with Gasteiger partial charge in [-0.3, -0.25) is 9.69 Å². The van der Waals surface area contributed by atoms with Gasteiger partial charge < -0.3 is 4.74 Å². The molecule has 0 radical (unpaired) electrons. The fourth-order valence-corrected chi connectivity index (χ4v) is 2.64. The van der Waals surface area contributed by atoms with Gasteiger partial charge in [0.2, 0.25) is 0 Å². The van der Waals surface area contributed by atoms with Gasteiger partial charge >= 0.3 is 0 Å². The molecule has 2 rings (SSSR count). The largest absolute Gasteiger partial charge is 0.377 e. The van der Waals surface area contributed by atoms with E-state index in [2.05, 4.69) is 4.90 Å². The lowest BCUT2D eigenvalue weighted by Gasteiger charge is -2.24. The molecule has 4 heteroatoms. The summed E-state index contributed by atoms with van der Waals surface area (Å²) in [5.41, 5.74) is 0.194. The summed E-state index contributed by atoms with van der Waals surface area (Å²) in [6.45, 7) is 7.09. The number of rotatable bonds is 4. The molecule has 0 bridgehead atoms. The third-order valence-electron chi connectivity index (χ3n) is 3.66. The van der Waals surface area contributed by atoms with Gasteiger partial charge in [-0.15, -0.1) is 0 Å². The molecule has 1 saturated heterocycles. The van der Waals surface area contributed by atoms with Crippen molar-refractivity contribution >= 4 is 5.78 Å². The molecule has 2 unspecified atom stereocenters. The van der Waals surface area contributed by atoms with Gasteiger partial charge in [-0.25, -0.2) is 4.39 Å². The topological polar surface area (TPSA) is 29.5 Å². The summed E-state index contributed by atoms with van der Waals surface area (Å²) >= 11 is 0. The summed E-state index contributed by atoms with van der Waals surface area (Å²) in [6, 6.07) is 6.19. The van der Waals surface area contributed by atoms with Gasteiger partial charge in [-0.2, -0.15) is 0 Å². The van der Waals surface area contributed by atoms with Crippen LogP contribution in [0.5, 0.6) is 0 Å². The molecule has 1 heterocycles. The molecule has 1 aliphatic rings. The quantitative estimate of drug-likeness (QED) is 0.794. The van der Waals surface area contributed by atoms with Crippen LogP contribution in [0.1, 0.15) is 30.6 Å². The summed E-state index contributed by atoms with van der Waals surface area (Å²) < 4.78 is 19.2. The van der Waals surface area contributed by atoms with Crippen LogP contribution in [0.4, 0.5) is 4.39 Å². The molecule has 0 aliphatic carbocycles. The zero-order valence-corrected chi connectivity index (χ0v) is 12.1. The van der Waals surface area contributed by atoms with Crippen molar-refractivity contribution in [2.45, 2.75) is 26.4 Å². The van der Waals surface area contributed by atoms with Crippen molar-refractivity contribution in [3.8, 4) is 0 Å². The second-order valence-corrected chi connectivity index (χ2v) is 5.54. The average molecular weight is 279 g/mol. The van der Waals surface area contributed by atoms with E-state index in [1.807, 2.05) is 13.8 Å². The van der Waals surface area contributed by atoms with Crippen molar-refractivity contribution in [3.63, 3.8) is 0 Å². The maximum absolute atomic E-state index is 13.7. The Morgan fingerprint density at radius 1 is 1.50 bits per heavy atom. The monoisotopic (exact) mass is 279 g/mol. The Bertz CT molecular complexity index is 464. The van der Waals surface area contributed by atoms with E-state index in [-0.39, 0.29) is 23.4 Å². The number of ketones is 1. The van der Waals surface area contributed by atoms with Crippen LogP contribution >= 0.6 is 0 Å². The number of Topliss-reactive ketones (excluding diaryl/α,β-unsaturated/α-hetero) is 1. The van der Waals surface area contributed by atoms with Crippen molar-refractivity contribution < 1.29 is 13.9 Å². The van der Waals surface area contributed by atoms with Crippen LogP contribution in [0.25, 0.3) is 0 Å². The highest BCUT2D eigenvalue weighted by molar-refractivity contribution is 5.98. The Balaban J connectivity index is 1.99. The van der Waals surface area contributed by atoms with Gasteiger partial charge in [0.1, 0.15) is 5.82 Å². The number of carbonyl (C=O) groups is 1. The molecular formula is C16H22FNO2. The summed E-state index contributed by atoms with van der Waals surface area (Å²) in [7, 11) is 0. The number of halogens is 1. The molecular weight excluding hydrogens is 257 g/mol. The molecule has 1 aromatic carbocycles. The number of benzene rings is 1. The lowest BCUT2D eigenvalue weighted by atomic mass is 9.98. The molecule has 1 fully saturated rings. The van der Waals surface area contributed by atoms with Crippen LogP contribution in [0, 0.1) is 11.7 Å². The van der Waals surface area contributed by atoms with E-state index in [4.69, 9.17) is 4.74 Å². The fraction of sp³-hybridized carbons (Fsp3) is 0.562. The Hall–Kier alpha value is -1.26. The zero-order valence-electron chi connectivity index (χ0n) is 12.1. The summed E-state index contributed by atoms with van der Waals surface area (Å²) in [5, 5.41) is 0. The fourth-order valence-electron chi connectivity index (χ4n) is 2.64. The van der Waals surface area contributed by atoms with E-state index < -0.39 is 5.82 Å².